The molecule has 0 aliphatic carbocycles. The highest BCUT2D eigenvalue weighted by Crippen LogP contribution is 2.29. The molecule has 0 spiro atoms. The van der Waals surface area contributed by atoms with Crippen LogP contribution < -0.4 is 4.90 Å². The third-order valence-electron chi connectivity index (χ3n) is 3.00. The first kappa shape index (κ1) is 12.9. The van der Waals surface area contributed by atoms with Crippen LogP contribution in [0.25, 0.3) is 0 Å². The summed E-state index contributed by atoms with van der Waals surface area (Å²) in [7, 11) is 1.62. The van der Waals surface area contributed by atoms with E-state index in [0.717, 1.165) is 10.2 Å². The molecule has 1 fully saturated rings. The van der Waals surface area contributed by atoms with Crippen LogP contribution in [0.15, 0.2) is 28.7 Å². The van der Waals surface area contributed by atoms with Crippen molar-refractivity contribution in [3.63, 3.8) is 0 Å². The molecule has 18 heavy (non-hydrogen) atoms. The number of hydrogen-bond donors (Lipinski definition) is 1. The number of piperazine rings is 1. The van der Waals surface area contributed by atoms with E-state index in [-0.39, 0.29) is 19.0 Å². The van der Waals surface area contributed by atoms with Gasteiger partial charge in [-0.05, 0) is 28.1 Å². The number of carboxylic acids is 1. The molecule has 96 valence electrons. The van der Waals surface area contributed by atoms with E-state index in [0.29, 0.717) is 0 Å². The van der Waals surface area contributed by atoms with E-state index in [2.05, 4.69) is 15.9 Å². The Balaban J connectivity index is 2.37. The molecule has 0 bridgehead atoms. The van der Waals surface area contributed by atoms with Crippen molar-refractivity contribution >= 4 is 33.5 Å². The number of carbonyl (C=O) groups is 2. The summed E-state index contributed by atoms with van der Waals surface area (Å²) in [6, 6.07) is 6.59. The number of hydrogen-bond acceptors (Lipinski definition) is 3. The quantitative estimate of drug-likeness (QED) is 0.891. The van der Waals surface area contributed by atoms with Crippen LogP contribution in [0, 0.1) is 0 Å². The largest absolute Gasteiger partial charge is 0.480 e. The Bertz CT molecular complexity index is 492. The molecule has 1 saturated heterocycles. The van der Waals surface area contributed by atoms with Crippen LogP contribution in [0.5, 0.6) is 0 Å². The van der Waals surface area contributed by atoms with Gasteiger partial charge in [0.15, 0.2) is 0 Å². The monoisotopic (exact) mass is 312 g/mol. The molecule has 1 aromatic rings. The second kappa shape index (κ2) is 4.97. The summed E-state index contributed by atoms with van der Waals surface area (Å²) in [6.07, 6.45) is 0. The van der Waals surface area contributed by atoms with E-state index in [1.165, 1.54) is 4.90 Å². The van der Waals surface area contributed by atoms with Crippen LogP contribution >= 0.6 is 15.9 Å². The number of benzene rings is 1. The van der Waals surface area contributed by atoms with Crippen molar-refractivity contribution in [2.45, 2.75) is 6.04 Å². The molecule has 0 saturated carbocycles. The molecule has 0 aromatic heterocycles. The van der Waals surface area contributed by atoms with Gasteiger partial charge < -0.3 is 14.9 Å². The minimum absolute atomic E-state index is 0.0794. The van der Waals surface area contributed by atoms with Crippen molar-refractivity contribution < 1.29 is 14.7 Å². The van der Waals surface area contributed by atoms with Crippen molar-refractivity contribution in [1.82, 2.24) is 4.90 Å². The van der Waals surface area contributed by atoms with Gasteiger partial charge in [0, 0.05) is 11.5 Å². The maximum atomic E-state index is 11.7. The minimum Gasteiger partial charge on any atom is -0.480 e. The average molecular weight is 313 g/mol. The van der Waals surface area contributed by atoms with Gasteiger partial charge >= 0.3 is 5.97 Å². The number of carboxylic acid groups (broad SMARTS) is 1. The van der Waals surface area contributed by atoms with Crippen LogP contribution in [-0.4, -0.2) is 48.1 Å². The summed E-state index contributed by atoms with van der Waals surface area (Å²) >= 11 is 3.38. The highest BCUT2D eigenvalue weighted by atomic mass is 79.9. The molecule has 1 aliphatic rings. The van der Waals surface area contributed by atoms with Gasteiger partial charge in [-0.25, -0.2) is 4.79 Å². The van der Waals surface area contributed by atoms with Crippen LogP contribution in [0.4, 0.5) is 5.69 Å². The minimum atomic E-state index is -0.926. The fourth-order valence-electron chi connectivity index (χ4n) is 1.99. The Morgan fingerprint density at radius 3 is 2.72 bits per heavy atom. The van der Waals surface area contributed by atoms with Gasteiger partial charge in [-0.3, -0.25) is 4.79 Å². The first-order valence-electron chi connectivity index (χ1n) is 5.48. The zero-order valence-electron chi connectivity index (χ0n) is 9.84. The summed E-state index contributed by atoms with van der Waals surface area (Å²) in [5.74, 6) is -1.01. The lowest BCUT2D eigenvalue weighted by Gasteiger charge is -2.38. The van der Waals surface area contributed by atoms with Crippen molar-refractivity contribution in [3.05, 3.63) is 28.7 Å². The molecule has 6 heteroatoms. The van der Waals surface area contributed by atoms with Crippen LogP contribution in [0.2, 0.25) is 0 Å². The normalized spacial score (nSPS) is 20.1. The number of aliphatic carboxylic acids is 1. The predicted molar refractivity (Wildman–Crippen MR) is 70.5 cm³/mol. The Kier molecular flexibility index (Phi) is 3.56. The Labute approximate surface area is 113 Å². The highest BCUT2D eigenvalue weighted by Gasteiger charge is 2.35. The van der Waals surface area contributed by atoms with Crippen molar-refractivity contribution in [3.8, 4) is 0 Å². The second-order valence-corrected chi connectivity index (χ2v) is 5.06. The second-order valence-electron chi connectivity index (χ2n) is 4.21. The average Bonchev–Trinajstić information content (AvgIpc) is 2.32. The summed E-state index contributed by atoms with van der Waals surface area (Å²) in [6.45, 7) is 0.269. The molecule has 5 nitrogen and oxygen atoms in total. The standard InChI is InChI=1S/C12H13BrN2O3/c1-14-6-10(12(17)18)15(7-11(14)16)9-5-3-2-4-8(9)13/h2-5,10H,6-7H2,1H3,(H,17,18). The van der Waals surface area contributed by atoms with Crippen LogP contribution in [0.1, 0.15) is 0 Å². The fourth-order valence-corrected chi connectivity index (χ4v) is 2.50. The van der Waals surface area contributed by atoms with Gasteiger partial charge in [0.05, 0.1) is 18.8 Å². The summed E-state index contributed by atoms with van der Waals surface area (Å²) in [5.41, 5.74) is 0.728. The number of likely N-dealkylation sites (N-methyl/N-ethyl adjacent to an activating group) is 1. The first-order chi connectivity index (χ1) is 8.50. The SMILES string of the molecule is CN1CC(C(=O)O)N(c2ccccc2Br)CC1=O. The number of nitrogens with zero attached hydrogens (tertiary/aromatic N) is 2. The van der Waals surface area contributed by atoms with E-state index in [1.807, 2.05) is 18.2 Å². The molecule has 1 aliphatic heterocycles. The van der Waals surface area contributed by atoms with Crippen molar-refractivity contribution in [2.24, 2.45) is 0 Å². The Hall–Kier alpha value is -1.56. The fraction of sp³-hybridized carbons (Fsp3) is 0.333. The topological polar surface area (TPSA) is 60.9 Å². The molecule has 0 radical (unpaired) electrons. The maximum Gasteiger partial charge on any atom is 0.328 e. The molecule has 2 rings (SSSR count). The van der Waals surface area contributed by atoms with Gasteiger partial charge in [0.25, 0.3) is 0 Å². The summed E-state index contributed by atoms with van der Waals surface area (Å²) in [4.78, 5) is 26.1. The van der Waals surface area contributed by atoms with Gasteiger partial charge in [-0.2, -0.15) is 0 Å². The summed E-state index contributed by atoms with van der Waals surface area (Å²) in [5, 5.41) is 9.27. The molecule has 1 unspecified atom stereocenters. The predicted octanol–water partition coefficient (Wildman–Crippen LogP) is 1.18. The Morgan fingerprint density at radius 2 is 2.11 bits per heavy atom. The molecule has 1 aromatic carbocycles. The van der Waals surface area contributed by atoms with E-state index < -0.39 is 12.0 Å². The lowest BCUT2D eigenvalue weighted by Crippen LogP contribution is -2.58. The van der Waals surface area contributed by atoms with Gasteiger partial charge in [-0.1, -0.05) is 12.1 Å². The zero-order valence-corrected chi connectivity index (χ0v) is 11.4. The molecular formula is C12H13BrN2O3. The molecule has 1 amide bonds. The molecule has 1 N–H and O–H groups in total. The van der Waals surface area contributed by atoms with Crippen LogP contribution in [-0.2, 0) is 9.59 Å². The smallest absolute Gasteiger partial charge is 0.328 e. The third-order valence-corrected chi connectivity index (χ3v) is 3.67. The number of rotatable bonds is 2. The third kappa shape index (κ3) is 2.33. The number of halogens is 1. The van der Waals surface area contributed by atoms with E-state index in [1.54, 1.807) is 18.0 Å². The van der Waals surface area contributed by atoms with Gasteiger partial charge in [0.1, 0.15) is 6.04 Å². The van der Waals surface area contributed by atoms with Crippen LogP contribution in [0.3, 0.4) is 0 Å². The molecular weight excluding hydrogens is 300 g/mol. The zero-order chi connectivity index (χ0) is 13.3. The Morgan fingerprint density at radius 1 is 1.44 bits per heavy atom. The van der Waals surface area contributed by atoms with Gasteiger partial charge in [0.2, 0.25) is 5.91 Å². The van der Waals surface area contributed by atoms with Crippen molar-refractivity contribution in [2.75, 3.05) is 25.0 Å². The number of anilines is 1. The highest BCUT2D eigenvalue weighted by molar-refractivity contribution is 9.10. The lowest BCUT2D eigenvalue weighted by molar-refractivity contribution is -0.141. The van der Waals surface area contributed by atoms with E-state index in [9.17, 15) is 14.7 Å². The number of amides is 1. The molecule has 1 atom stereocenters. The maximum absolute atomic E-state index is 11.7. The van der Waals surface area contributed by atoms with Crippen molar-refractivity contribution in [1.29, 1.82) is 0 Å². The molecule has 1 heterocycles. The first-order valence-corrected chi connectivity index (χ1v) is 6.28. The lowest BCUT2D eigenvalue weighted by atomic mass is 10.1. The van der Waals surface area contributed by atoms with E-state index >= 15 is 0 Å². The van der Waals surface area contributed by atoms with E-state index in [4.69, 9.17) is 0 Å². The number of para-hydroxylation sites is 1. The number of carbonyl (C=O) groups excluding carboxylic acids is 1. The van der Waals surface area contributed by atoms with Gasteiger partial charge in [-0.15, -0.1) is 0 Å². The summed E-state index contributed by atoms with van der Waals surface area (Å²) < 4.78 is 0.786.